The second kappa shape index (κ2) is 5.59. The van der Waals surface area contributed by atoms with Crippen molar-refractivity contribution in [3.05, 3.63) is 69.2 Å². The number of rotatable bonds is 2. The lowest BCUT2D eigenvalue weighted by atomic mass is 9.95. The van der Waals surface area contributed by atoms with Crippen molar-refractivity contribution < 1.29 is 8.78 Å². The van der Waals surface area contributed by atoms with Crippen molar-refractivity contribution in [2.45, 2.75) is 18.7 Å². The number of aryl methyl sites for hydroxylation is 2. The van der Waals surface area contributed by atoms with Gasteiger partial charge in [-0.05, 0) is 60.9 Å². The highest BCUT2D eigenvalue weighted by molar-refractivity contribution is 9.09. The minimum Gasteiger partial charge on any atom is -0.207 e. The standard InChI is InChI=1S/C15H12BrClF2/c1-8-5-11(18)6-9(2)14(8)15(16)12-7-10(17)3-4-13(12)19/h3-7,15H,1-2H3. The van der Waals surface area contributed by atoms with Crippen LogP contribution in [0.2, 0.25) is 5.02 Å². The van der Waals surface area contributed by atoms with Crippen molar-refractivity contribution >= 4 is 27.5 Å². The van der Waals surface area contributed by atoms with E-state index in [4.69, 9.17) is 11.6 Å². The average molecular weight is 346 g/mol. The Labute approximate surface area is 124 Å². The Kier molecular flexibility index (Phi) is 4.26. The Balaban J connectivity index is 2.56. The highest BCUT2D eigenvalue weighted by Gasteiger charge is 2.19. The molecule has 0 aliphatic rings. The van der Waals surface area contributed by atoms with Crippen molar-refractivity contribution in [2.24, 2.45) is 0 Å². The molecule has 2 rings (SSSR count). The number of halogens is 4. The van der Waals surface area contributed by atoms with Crippen LogP contribution in [0, 0.1) is 25.5 Å². The fraction of sp³-hybridized carbons (Fsp3) is 0.200. The summed E-state index contributed by atoms with van der Waals surface area (Å²) in [6.07, 6.45) is 0. The molecule has 0 aromatic heterocycles. The van der Waals surface area contributed by atoms with E-state index in [9.17, 15) is 8.78 Å². The first kappa shape index (κ1) is 14.5. The van der Waals surface area contributed by atoms with E-state index in [1.807, 2.05) is 13.8 Å². The zero-order chi connectivity index (χ0) is 14.2. The van der Waals surface area contributed by atoms with E-state index in [0.717, 1.165) is 16.7 Å². The minimum absolute atomic E-state index is 0.287. The summed E-state index contributed by atoms with van der Waals surface area (Å²) in [5.41, 5.74) is 2.87. The van der Waals surface area contributed by atoms with Gasteiger partial charge in [-0.15, -0.1) is 0 Å². The monoisotopic (exact) mass is 344 g/mol. The van der Waals surface area contributed by atoms with Gasteiger partial charge in [0, 0.05) is 10.6 Å². The maximum absolute atomic E-state index is 13.9. The van der Waals surface area contributed by atoms with E-state index < -0.39 is 0 Å². The molecule has 0 aliphatic heterocycles. The molecule has 0 amide bonds. The Bertz CT molecular complexity index is 603. The third-order valence-corrected chi connectivity index (χ3v) is 4.23. The molecular weight excluding hydrogens is 334 g/mol. The van der Waals surface area contributed by atoms with Crippen LogP contribution in [0.5, 0.6) is 0 Å². The molecule has 0 N–H and O–H groups in total. The normalized spacial score (nSPS) is 12.5. The second-order valence-corrected chi connectivity index (χ2v) is 5.83. The molecular formula is C15H12BrClF2. The van der Waals surface area contributed by atoms with Crippen LogP contribution >= 0.6 is 27.5 Å². The third kappa shape index (κ3) is 2.98. The summed E-state index contributed by atoms with van der Waals surface area (Å²) in [4.78, 5) is -0.355. The van der Waals surface area contributed by atoms with Crippen LogP contribution in [-0.4, -0.2) is 0 Å². The van der Waals surface area contributed by atoms with Gasteiger partial charge < -0.3 is 0 Å². The summed E-state index contributed by atoms with van der Waals surface area (Å²) < 4.78 is 27.2. The molecule has 100 valence electrons. The predicted octanol–water partition coefficient (Wildman–Crippen LogP) is 5.72. The number of alkyl halides is 1. The van der Waals surface area contributed by atoms with Gasteiger partial charge in [-0.25, -0.2) is 8.78 Å². The molecule has 0 bridgehead atoms. The number of benzene rings is 2. The SMILES string of the molecule is Cc1cc(F)cc(C)c1C(Br)c1cc(Cl)ccc1F. The molecule has 0 heterocycles. The largest absolute Gasteiger partial charge is 0.207 e. The fourth-order valence-corrected chi connectivity index (χ4v) is 3.44. The highest BCUT2D eigenvalue weighted by Crippen LogP contribution is 2.37. The lowest BCUT2D eigenvalue weighted by Gasteiger charge is -2.17. The van der Waals surface area contributed by atoms with E-state index in [1.165, 1.54) is 24.3 Å². The van der Waals surface area contributed by atoms with E-state index in [-0.39, 0.29) is 16.5 Å². The number of hydrogen-bond acceptors (Lipinski definition) is 0. The molecule has 0 saturated carbocycles. The average Bonchev–Trinajstić information content (AvgIpc) is 2.30. The first-order valence-electron chi connectivity index (χ1n) is 5.76. The molecule has 2 aromatic rings. The maximum Gasteiger partial charge on any atom is 0.127 e. The molecule has 4 heteroatoms. The summed E-state index contributed by atoms with van der Waals surface area (Å²) in [6, 6.07) is 7.31. The molecule has 0 aliphatic carbocycles. The van der Waals surface area contributed by atoms with E-state index in [2.05, 4.69) is 15.9 Å². The summed E-state index contributed by atoms with van der Waals surface area (Å²) in [5, 5.41) is 0.471. The molecule has 0 spiro atoms. The molecule has 1 unspecified atom stereocenters. The Morgan fingerprint density at radius 1 is 1.05 bits per heavy atom. The molecule has 1 atom stereocenters. The van der Waals surface area contributed by atoms with Gasteiger partial charge in [0.15, 0.2) is 0 Å². The Morgan fingerprint density at radius 2 is 1.63 bits per heavy atom. The molecule has 2 aromatic carbocycles. The van der Waals surface area contributed by atoms with E-state index in [0.29, 0.717) is 10.6 Å². The maximum atomic E-state index is 13.9. The quantitative estimate of drug-likeness (QED) is 0.611. The van der Waals surface area contributed by atoms with Gasteiger partial charge in [-0.3, -0.25) is 0 Å². The van der Waals surface area contributed by atoms with Gasteiger partial charge in [0.25, 0.3) is 0 Å². The van der Waals surface area contributed by atoms with Crippen molar-refractivity contribution in [3.8, 4) is 0 Å². The second-order valence-electron chi connectivity index (χ2n) is 4.48. The van der Waals surface area contributed by atoms with Crippen molar-refractivity contribution in [1.29, 1.82) is 0 Å². The van der Waals surface area contributed by atoms with Crippen LogP contribution in [0.1, 0.15) is 27.1 Å². The Morgan fingerprint density at radius 3 is 2.21 bits per heavy atom. The molecule has 0 nitrogen and oxygen atoms in total. The smallest absolute Gasteiger partial charge is 0.127 e. The van der Waals surface area contributed by atoms with E-state index >= 15 is 0 Å². The van der Waals surface area contributed by atoms with Gasteiger partial charge in [0.2, 0.25) is 0 Å². The van der Waals surface area contributed by atoms with Crippen molar-refractivity contribution in [2.75, 3.05) is 0 Å². The van der Waals surface area contributed by atoms with Crippen molar-refractivity contribution in [3.63, 3.8) is 0 Å². The lowest BCUT2D eigenvalue weighted by molar-refractivity contribution is 0.612. The topological polar surface area (TPSA) is 0 Å². The zero-order valence-electron chi connectivity index (χ0n) is 10.5. The predicted molar refractivity (Wildman–Crippen MR) is 78.1 cm³/mol. The lowest BCUT2D eigenvalue weighted by Crippen LogP contribution is -2.02. The summed E-state index contributed by atoms with van der Waals surface area (Å²) in [7, 11) is 0. The fourth-order valence-electron chi connectivity index (χ4n) is 2.19. The molecule has 0 fully saturated rings. The minimum atomic E-state index is -0.355. The van der Waals surface area contributed by atoms with Gasteiger partial charge in [0.1, 0.15) is 11.6 Å². The van der Waals surface area contributed by atoms with Crippen LogP contribution in [0.4, 0.5) is 8.78 Å². The first-order valence-corrected chi connectivity index (χ1v) is 7.05. The van der Waals surface area contributed by atoms with E-state index in [1.54, 1.807) is 6.07 Å². The summed E-state index contributed by atoms with van der Waals surface area (Å²) in [5.74, 6) is -0.626. The molecule has 0 saturated heterocycles. The van der Waals surface area contributed by atoms with Crippen LogP contribution in [0.25, 0.3) is 0 Å². The van der Waals surface area contributed by atoms with Gasteiger partial charge in [-0.1, -0.05) is 27.5 Å². The first-order chi connectivity index (χ1) is 8.90. The summed E-state index contributed by atoms with van der Waals surface area (Å²) in [6.45, 7) is 3.62. The van der Waals surface area contributed by atoms with Crippen LogP contribution < -0.4 is 0 Å². The van der Waals surface area contributed by atoms with Gasteiger partial charge in [0.05, 0.1) is 4.83 Å². The zero-order valence-corrected chi connectivity index (χ0v) is 12.8. The van der Waals surface area contributed by atoms with Crippen LogP contribution in [0.15, 0.2) is 30.3 Å². The van der Waals surface area contributed by atoms with Crippen LogP contribution in [-0.2, 0) is 0 Å². The molecule has 19 heavy (non-hydrogen) atoms. The van der Waals surface area contributed by atoms with Gasteiger partial charge in [-0.2, -0.15) is 0 Å². The van der Waals surface area contributed by atoms with Gasteiger partial charge >= 0.3 is 0 Å². The highest BCUT2D eigenvalue weighted by atomic mass is 79.9. The summed E-state index contributed by atoms with van der Waals surface area (Å²) >= 11 is 9.39. The van der Waals surface area contributed by atoms with Crippen molar-refractivity contribution in [1.82, 2.24) is 0 Å². The van der Waals surface area contributed by atoms with Crippen LogP contribution in [0.3, 0.4) is 0 Å². The molecule has 0 radical (unpaired) electrons. The number of hydrogen-bond donors (Lipinski definition) is 0. The third-order valence-electron chi connectivity index (χ3n) is 3.04. The Hall–Kier alpha value is -0.930.